The highest BCUT2D eigenvalue weighted by atomic mass is 16.4. The predicted octanol–water partition coefficient (Wildman–Crippen LogP) is 0.778. The second-order valence-electron chi connectivity index (χ2n) is 5.30. The minimum absolute atomic E-state index is 0.113. The molecule has 1 aliphatic rings. The van der Waals surface area contributed by atoms with Crippen LogP contribution >= 0.6 is 0 Å². The number of carboxylic acid groups (broad SMARTS) is 1. The van der Waals surface area contributed by atoms with E-state index in [0.717, 1.165) is 12.8 Å². The van der Waals surface area contributed by atoms with Gasteiger partial charge >= 0.3 is 12.0 Å². The van der Waals surface area contributed by atoms with Crippen LogP contribution < -0.4 is 5.32 Å². The zero-order chi connectivity index (χ0) is 14.5. The van der Waals surface area contributed by atoms with Crippen LogP contribution in [0.3, 0.4) is 0 Å². The fourth-order valence-corrected chi connectivity index (χ4v) is 2.03. The van der Waals surface area contributed by atoms with Gasteiger partial charge in [-0.25, -0.2) is 4.79 Å². The van der Waals surface area contributed by atoms with Crippen LogP contribution in [0.5, 0.6) is 0 Å². The number of amides is 2. The molecule has 0 spiro atoms. The summed E-state index contributed by atoms with van der Waals surface area (Å²) in [6, 6.07) is 1.38. The van der Waals surface area contributed by atoms with Gasteiger partial charge in [0.25, 0.3) is 0 Å². The van der Waals surface area contributed by atoms with Gasteiger partial charge in [-0.1, -0.05) is 0 Å². The molecule has 1 atom stereocenters. The van der Waals surface area contributed by atoms with E-state index in [2.05, 4.69) is 10.4 Å². The Balaban J connectivity index is 1.84. The van der Waals surface area contributed by atoms with E-state index in [-0.39, 0.29) is 18.6 Å². The van der Waals surface area contributed by atoms with Crippen molar-refractivity contribution in [1.82, 2.24) is 20.0 Å². The second-order valence-corrected chi connectivity index (χ2v) is 5.30. The lowest BCUT2D eigenvalue weighted by atomic mass is 10.3. The van der Waals surface area contributed by atoms with Crippen molar-refractivity contribution in [3.63, 3.8) is 0 Å². The number of rotatable bonds is 7. The van der Waals surface area contributed by atoms with Crippen LogP contribution in [0.4, 0.5) is 4.79 Å². The molecule has 1 unspecified atom stereocenters. The van der Waals surface area contributed by atoms with Gasteiger partial charge in [-0.05, 0) is 31.7 Å². The summed E-state index contributed by atoms with van der Waals surface area (Å²) >= 11 is 0. The number of carbonyl (C=O) groups is 2. The maximum atomic E-state index is 12.1. The van der Waals surface area contributed by atoms with Crippen molar-refractivity contribution in [2.45, 2.75) is 32.4 Å². The van der Waals surface area contributed by atoms with Crippen LogP contribution in [0.2, 0.25) is 0 Å². The highest BCUT2D eigenvalue weighted by Crippen LogP contribution is 2.29. The molecule has 0 saturated heterocycles. The molecule has 2 rings (SSSR count). The molecule has 2 amide bonds. The molecule has 0 aromatic carbocycles. The maximum absolute atomic E-state index is 12.1. The summed E-state index contributed by atoms with van der Waals surface area (Å²) in [4.78, 5) is 24.3. The summed E-state index contributed by atoms with van der Waals surface area (Å²) in [5.41, 5.74) is 0. The van der Waals surface area contributed by atoms with Crippen LogP contribution in [0.1, 0.15) is 19.8 Å². The number of nitrogens with one attached hydrogen (secondary N) is 1. The Kier molecular flexibility index (Phi) is 4.60. The molecular formula is C13H20N4O3. The van der Waals surface area contributed by atoms with Gasteiger partial charge < -0.3 is 15.3 Å². The molecule has 7 heteroatoms. The average Bonchev–Trinajstić information content (AvgIpc) is 3.03. The first-order valence-electron chi connectivity index (χ1n) is 6.79. The lowest BCUT2D eigenvalue weighted by Crippen LogP contribution is -2.47. The quantitative estimate of drug-likeness (QED) is 0.772. The van der Waals surface area contributed by atoms with Crippen molar-refractivity contribution < 1.29 is 14.7 Å². The summed E-state index contributed by atoms with van der Waals surface area (Å²) < 4.78 is 1.73. The third-order valence-electron chi connectivity index (χ3n) is 3.18. The van der Waals surface area contributed by atoms with E-state index in [1.54, 1.807) is 10.9 Å². The average molecular weight is 280 g/mol. The topological polar surface area (TPSA) is 87.5 Å². The fraction of sp³-hybridized carbons (Fsp3) is 0.615. The third kappa shape index (κ3) is 4.56. The Morgan fingerprint density at radius 2 is 2.30 bits per heavy atom. The van der Waals surface area contributed by atoms with E-state index in [0.29, 0.717) is 19.0 Å². The summed E-state index contributed by atoms with van der Waals surface area (Å²) in [5.74, 6) is -0.526. The van der Waals surface area contributed by atoms with E-state index >= 15 is 0 Å². The van der Waals surface area contributed by atoms with Crippen molar-refractivity contribution in [3.8, 4) is 0 Å². The van der Waals surface area contributed by atoms with Gasteiger partial charge in [0.05, 0.1) is 6.54 Å². The SMILES string of the molecule is CC(Cn1cccn1)NC(=O)N(CC(=O)O)CC1CC1. The van der Waals surface area contributed by atoms with Crippen molar-refractivity contribution in [2.75, 3.05) is 13.1 Å². The molecule has 1 saturated carbocycles. The minimum Gasteiger partial charge on any atom is -0.480 e. The maximum Gasteiger partial charge on any atom is 0.323 e. The number of hydrogen-bond acceptors (Lipinski definition) is 3. The summed E-state index contributed by atoms with van der Waals surface area (Å²) in [6.45, 7) is 2.70. The molecule has 2 N–H and O–H groups in total. The molecule has 1 aliphatic carbocycles. The molecule has 0 bridgehead atoms. The van der Waals surface area contributed by atoms with Crippen LogP contribution in [-0.4, -0.2) is 50.9 Å². The van der Waals surface area contributed by atoms with Gasteiger partial charge in [0.1, 0.15) is 6.54 Å². The largest absolute Gasteiger partial charge is 0.480 e. The first kappa shape index (κ1) is 14.4. The normalized spacial score (nSPS) is 15.7. The summed E-state index contributed by atoms with van der Waals surface area (Å²) in [6.07, 6.45) is 5.65. The summed E-state index contributed by atoms with van der Waals surface area (Å²) in [7, 11) is 0. The van der Waals surface area contributed by atoms with E-state index < -0.39 is 5.97 Å². The number of urea groups is 1. The molecule has 7 nitrogen and oxygen atoms in total. The van der Waals surface area contributed by atoms with Crippen LogP contribution in [0, 0.1) is 5.92 Å². The molecular weight excluding hydrogens is 260 g/mol. The van der Waals surface area contributed by atoms with Gasteiger partial charge in [0.2, 0.25) is 0 Å². The Bertz CT molecular complexity index is 456. The molecule has 1 fully saturated rings. The Morgan fingerprint density at radius 3 is 2.85 bits per heavy atom. The first-order valence-corrected chi connectivity index (χ1v) is 6.79. The highest BCUT2D eigenvalue weighted by molar-refractivity contribution is 5.80. The number of aromatic nitrogens is 2. The predicted molar refractivity (Wildman–Crippen MR) is 72.2 cm³/mol. The van der Waals surface area contributed by atoms with E-state index in [9.17, 15) is 9.59 Å². The summed E-state index contributed by atoms with van der Waals surface area (Å²) in [5, 5.41) is 15.8. The third-order valence-corrected chi connectivity index (χ3v) is 3.18. The Labute approximate surface area is 117 Å². The smallest absolute Gasteiger partial charge is 0.323 e. The molecule has 1 heterocycles. The number of carboxylic acids is 1. The first-order chi connectivity index (χ1) is 9.54. The number of carbonyl (C=O) groups excluding carboxylic acids is 1. The van der Waals surface area contributed by atoms with Crippen LogP contribution in [0.25, 0.3) is 0 Å². The van der Waals surface area contributed by atoms with Crippen LogP contribution in [0.15, 0.2) is 18.5 Å². The number of aliphatic carboxylic acids is 1. The molecule has 20 heavy (non-hydrogen) atoms. The van der Waals surface area contributed by atoms with Crippen LogP contribution in [-0.2, 0) is 11.3 Å². The van der Waals surface area contributed by atoms with Gasteiger partial charge in [0, 0.05) is 25.0 Å². The van der Waals surface area contributed by atoms with Gasteiger partial charge in [-0.2, -0.15) is 5.10 Å². The van der Waals surface area contributed by atoms with Crippen molar-refractivity contribution in [2.24, 2.45) is 5.92 Å². The van der Waals surface area contributed by atoms with E-state index in [1.165, 1.54) is 4.90 Å². The van der Waals surface area contributed by atoms with Crippen molar-refractivity contribution >= 4 is 12.0 Å². The number of nitrogens with zero attached hydrogens (tertiary/aromatic N) is 3. The molecule has 0 aliphatic heterocycles. The highest BCUT2D eigenvalue weighted by Gasteiger charge is 2.28. The molecule has 1 aromatic rings. The van der Waals surface area contributed by atoms with Gasteiger partial charge in [-0.3, -0.25) is 9.48 Å². The Hall–Kier alpha value is -2.05. The Morgan fingerprint density at radius 1 is 1.55 bits per heavy atom. The lowest BCUT2D eigenvalue weighted by molar-refractivity contribution is -0.137. The molecule has 110 valence electrons. The lowest BCUT2D eigenvalue weighted by Gasteiger charge is -2.23. The van der Waals surface area contributed by atoms with Crippen molar-refractivity contribution in [1.29, 1.82) is 0 Å². The zero-order valence-corrected chi connectivity index (χ0v) is 11.5. The standard InChI is InChI=1S/C13H20N4O3/c1-10(7-17-6-2-5-14-17)15-13(20)16(9-12(18)19)8-11-3-4-11/h2,5-6,10-11H,3-4,7-9H2,1H3,(H,15,20)(H,18,19). The zero-order valence-electron chi connectivity index (χ0n) is 11.5. The number of hydrogen-bond donors (Lipinski definition) is 2. The second kappa shape index (κ2) is 6.40. The van der Waals surface area contributed by atoms with Gasteiger partial charge in [0.15, 0.2) is 0 Å². The monoisotopic (exact) mass is 280 g/mol. The molecule has 0 radical (unpaired) electrons. The van der Waals surface area contributed by atoms with E-state index in [4.69, 9.17) is 5.11 Å². The molecule has 1 aromatic heterocycles. The fourth-order valence-electron chi connectivity index (χ4n) is 2.03. The van der Waals surface area contributed by atoms with Gasteiger partial charge in [-0.15, -0.1) is 0 Å². The van der Waals surface area contributed by atoms with Crippen molar-refractivity contribution in [3.05, 3.63) is 18.5 Å². The minimum atomic E-state index is -0.986. The van der Waals surface area contributed by atoms with E-state index in [1.807, 2.05) is 19.2 Å².